The summed E-state index contributed by atoms with van der Waals surface area (Å²) in [5, 5.41) is 42.2. The van der Waals surface area contributed by atoms with E-state index in [0.717, 1.165) is 61.1 Å². The number of nitrogens with two attached hydrogens (primary N) is 1. The molecule has 61 heavy (non-hydrogen) atoms. The number of unbranched alkanes of at least 4 members (excludes halogenated alkanes) is 4. The number of alkyl halides is 3. The van der Waals surface area contributed by atoms with E-state index in [0.29, 0.717) is 57.3 Å². The number of halogens is 3. The van der Waals surface area contributed by atoms with Crippen molar-refractivity contribution in [1.82, 2.24) is 34.5 Å². The molecule has 0 aliphatic carbocycles. The summed E-state index contributed by atoms with van der Waals surface area (Å²) in [6.45, 7) is 0.923. The summed E-state index contributed by atoms with van der Waals surface area (Å²) in [4.78, 5) is 27.4. The number of thiophene rings is 1. The van der Waals surface area contributed by atoms with E-state index in [9.17, 15) is 33.3 Å². The Morgan fingerprint density at radius 1 is 0.885 bits per heavy atom. The molecule has 0 amide bonds. The molecular formula is C43H42F3N9O5S. The monoisotopic (exact) mass is 853 g/mol. The molecule has 4 aromatic heterocycles. The quantitative estimate of drug-likeness (QED) is 0.0494. The Morgan fingerprint density at radius 2 is 1.64 bits per heavy atom. The van der Waals surface area contributed by atoms with E-state index >= 15 is 0 Å². The van der Waals surface area contributed by atoms with Crippen molar-refractivity contribution in [1.29, 1.82) is 0 Å². The van der Waals surface area contributed by atoms with Gasteiger partial charge in [-0.1, -0.05) is 91.2 Å². The van der Waals surface area contributed by atoms with Gasteiger partial charge in [-0.3, -0.25) is 14.0 Å². The van der Waals surface area contributed by atoms with Gasteiger partial charge in [-0.05, 0) is 36.1 Å². The largest absolute Gasteiger partial charge is 0.416 e. The summed E-state index contributed by atoms with van der Waals surface area (Å²) < 4.78 is 50.4. The van der Waals surface area contributed by atoms with Gasteiger partial charge in [-0.25, -0.2) is 15.0 Å². The summed E-state index contributed by atoms with van der Waals surface area (Å²) in [6.07, 6.45) is 0.633. The number of hydrogen-bond acceptors (Lipinski definition) is 13. The minimum absolute atomic E-state index is 0.168. The first kappa shape index (κ1) is 41.7. The SMILES string of the molecule is Nc1sc(-c2ccc(-c3cn(CCCCCCCNc4ncnc5c4ncn5[C@@H]4O[C@H](CO)[C@@H](O)[C@H]4O)nn3)cc2)c(-c2cccc(C(F)(F)F)c2)c1C(=O)c1ccccc1. The lowest BCUT2D eigenvalue weighted by Gasteiger charge is -2.16. The van der Waals surface area contributed by atoms with E-state index in [1.54, 1.807) is 41.1 Å². The van der Waals surface area contributed by atoms with Gasteiger partial charge in [0.15, 0.2) is 29.0 Å². The second-order valence-corrected chi connectivity index (χ2v) is 15.8. The van der Waals surface area contributed by atoms with E-state index in [1.165, 1.54) is 23.3 Å². The molecule has 8 rings (SSSR count). The maximum Gasteiger partial charge on any atom is 0.416 e. The van der Waals surface area contributed by atoms with Crippen molar-refractivity contribution < 1.29 is 38.0 Å². The van der Waals surface area contributed by atoms with Gasteiger partial charge < -0.3 is 31.1 Å². The predicted octanol–water partition coefficient (Wildman–Crippen LogP) is 6.99. The van der Waals surface area contributed by atoms with Crippen LogP contribution in [0.1, 0.15) is 59.8 Å². The second kappa shape index (κ2) is 17.9. The van der Waals surface area contributed by atoms with Crippen LogP contribution in [0, 0.1) is 0 Å². The third-order valence-electron chi connectivity index (χ3n) is 10.7. The first-order valence-electron chi connectivity index (χ1n) is 19.8. The average molecular weight is 854 g/mol. The highest BCUT2D eigenvalue weighted by atomic mass is 32.1. The number of nitrogens with one attached hydrogen (secondary N) is 1. The summed E-state index contributed by atoms with van der Waals surface area (Å²) in [6, 6.07) is 20.9. The van der Waals surface area contributed by atoms with Crippen LogP contribution in [-0.2, 0) is 17.5 Å². The van der Waals surface area contributed by atoms with E-state index in [1.807, 2.05) is 30.5 Å². The van der Waals surface area contributed by atoms with Gasteiger partial charge in [0.1, 0.15) is 30.3 Å². The Bertz CT molecular complexity index is 2620. The van der Waals surface area contributed by atoms with Crippen molar-refractivity contribution >= 4 is 39.1 Å². The van der Waals surface area contributed by atoms with Gasteiger partial charge in [0.25, 0.3) is 0 Å². The van der Waals surface area contributed by atoms with Crippen LogP contribution in [0.4, 0.5) is 24.0 Å². The average Bonchev–Trinajstić information content (AvgIpc) is 4.07. The maximum absolute atomic E-state index is 13.8. The Labute approximate surface area is 351 Å². The molecule has 0 saturated carbocycles. The van der Waals surface area contributed by atoms with Gasteiger partial charge in [0.2, 0.25) is 0 Å². The zero-order chi connectivity index (χ0) is 42.7. The number of aromatic nitrogens is 7. The van der Waals surface area contributed by atoms with Crippen molar-refractivity contribution in [2.45, 2.75) is 69.4 Å². The number of ether oxygens (including phenoxy) is 1. The van der Waals surface area contributed by atoms with Crippen molar-refractivity contribution in [2.24, 2.45) is 0 Å². The van der Waals surface area contributed by atoms with Gasteiger partial charge in [-0.15, -0.1) is 16.4 Å². The highest BCUT2D eigenvalue weighted by Gasteiger charge is 2.44. The number of fused-ring (bicyclic) bond motifs is 1. The van der Waals surface area contributed by atoms with Gasteiger partial charge in [0, 0.05) is 34.7 Å². The van der Waals surface area contributed by atoms with Crippen molar-refractivity contribution in [2.75, 3.05) is 24.2 Å². The second-order valence-electron chi connectivity index (χ2n) is 14.7. The number of hydrogen-bond donors (Lipinski definition) is 5. The summed E-state index contributed by atoms with van der Waals surface area (Å²) in [5.74, 6) is 0.178. The van der Waals surface area contributed by atoms with E-state index < -0.39 is 42.9 Å². The van der Waals surface area contributed by atoms with Crippen LogP contribution in [0.2, 0.25) is 0 Å². The molecule has 0 radical (unpaired) electrons. The summed E-state index contributed by atoms with van der Waals surface area (Å²) in [5.41, 5.74) is 9.91. The molecule has 1 aliphatic heterocycles. The van der Waals surface area contributed by atoms with Crippen molar-refractivity contribution in [3.63, 3.8) is 0 Å². The lowest BCUT2D eigenvalue weighted by atomic mass is 9.92. The molecular weight excluding hydrogens is 812 g/mol. The predicted molar refractivity (Wildman–Crippen MR) is 223 cm³/mol. The lowest BCUT2D eigenvalue weighted by Crippen LogP contribution is -2.33. The number of rotatable bonds is 16. The Kier molecular flexibility index (Phi) is 12.2. The topological polar surface area (TPSA) is 199 Å². The minimum Gasteiger partial charge on any atom is -0.394 e. The number of nitrogen functional groups attached to an aromatic ring is 1. The number of nitrogens with zero attached hydrogens (tertiary/aromatic N) is 7. The molecule has 18 heteroatoms. The highest BCUT2D eigenvalue weighted by molar-refractivity contribution is 7.20. The molecule has 14 nitrogen and oxygen atoms in total. The number of anilines is 2. The van der Waals surface area contributed by atoms with Crippen molar-refractivity contribution in [3.05, 3.63) is 114 Å². The maximum atomic E-state index is 13.8. The summed E-state index contributed by atoms with van der Waals surface area (Å²) in [7, 11) is 0. The standard InChI is InChI=1S/C43H42F3N9O5S/c44-43(45,46)29-13-9-12-28(20-29)32-33(35(57)26-10-5-4-6-11-26)39(47)61-38(32)27-16-14-25(15-17-27)30-21-54(53-52-30)19-8-3-1-2-7-18-48-40-34-41(50-23-49-40)55(24-51-34)42-37(59)36(58)31(22-56)60-42/h4-6,9-17,20-21,23-24,31,36-37,42,56,58-59H,1-3,7-8,18-19,22,47H2,(H,48,49,50)/t31-,36-,37-,42-/m1/s1. The number of aliphatic hydroxyl groups excluding tert-OH is 3. The molecule has 3 aromatic carbocycles. The van der Waals surface area contributed by atoms with Crippen LogP contribution in [0.15, 0.2) is 97.7 Å². The number of aryl methyl sites for hydroxylation is 1. The molecule has 316 valence electrons. The highest BCUT2D eigenvalue weighted by Crippen LogP contribution is 2.47. The molecule has 1 aliphatic rings. The fourth-order valence-electron chi connectivity index (χ4n) is 7.48. The number of imidazole rings is 1. The Morgan fingerprint density at radius 3 is 2.39 bits per heavy atom. The third kappa shape index (κ3) is 8.76. The molecule has 7 aromatic rings. The number of carbonyl (C=O) groups is 1. The van der Waals surface area contributed by atoms with Crippen LogP contribution >= 0.6 is 11.3 Å². The third-order valence-corrected chi connectivity index (χ3v) is 11.7. The van der Waals surface area contributed by atoms with E-state index in [-0.39, 0.29) is 21.9 Å². The number of aliphatic hydroxyl groups is 3. The fraction of sp³-hybridized carbons (Fsp3) is 0.302. The fourth-order valence-corrected chi connectivity index (χ4v) is 8.58. The van der Waals surface area contributed by atoms with Crippen LogP contribution in [-0.4, -0.2) is 87.1 Å². The molecule has 1 saturated heterocycles. The molecule has 0 unspecified atom stereocenters. The molecule has 0 spiro atoms. The molecule has 1 fully saturated rings. The minimum atomic E-state index is -4.57. The van der Waals surface area contributed by atoms with Crippen LogP contribution in [0.25, 0.3) is 44.0 Å². The number of carbonyl (C=O) groups excluding carboxylic acids is 1. The Balaban J connectivity index is 0.856. The van der Waals surface area contributed by atoms with Gasteiger partial charge in [0.05, 0.1) is 35.3 Å². The molecule has 6 N–H and O–H groups in total. The zero-order valence-electron chi connectivity index (χ0n) is 32.6. The lowest BCUT2D eigenvalue weighted by molar-refractivity contribution is -0.137. The van der Waals surface area contributed by atoms with Gasteiger partial charge in [-0.2, -0.15) is 13.2 Å². The molecule has 0 bridgehead atoms. The van der Waals surface area contributed by atoms with Crippen molar-refractivity contribution in [3.8, 4) is 32.8 Å². The van der Waals surface area contributed by atoms with Crippen LogP contribution in [0.5, 0.6) is 0 Å². The summed E-state index contributed by atoms with van der Waals surface area (Å²) >= 11 is 1.16. The number of ketones is 1. The van der Waals surface area contributed by atoms with Crippen LogP contribution in [0.3, 0.4) is 0 Å². The van der Waals surface area contributed by atoms with Gasteiger partial charge >= 0.3 is 6.18 Å². The Hall–Kier alpha value is -6.05. The van der Waals surface area contributed by atoms with E-state index in [4.69, 9.17) is 10.5 Å². The molecule has 5 heterocycles. The normalized spacial score (nSPS) is 17.9. The first-order valence-corrected chi connectivity index (χ1v) is 20.6. The molecule has 4 atom stereocenters. The smallest absolute Gasteiger partial charge is 0.394 e. The van der Waals surface area contributed by atoms with Crippen LogP contribution < -0.4 is 11.1 Å². The number of benzene rings is 3. The first-order chi connectivity index (χ1) is 29.5. The zero-order valence-corrected chi connectivity index (χ0v) is 33.4. The van der Waals surface area contributed by atoms with E-state index in [2.05, 4.69) is 30.6 Å².